The van der Waals surface area contributed by atoms with E-state index in [2.05, 4.69) is 15.9 Å². The molecule has 0 spiro atoms. The minimum Gasteiger partial charge on any atom is -0.207 e. The fourth-order valence-electron chi connectivity index (χ4n) is 2.80. The summed E-state index contributed by atoms with van der Waals surface area (Å²) in [5.41, 5.74) is 0.813. The first-order valence-electron chi connectivity index (χ1n) is 7.29. The molecule has 0 unspecified atom stereocenters. The summed E-state index contributed by atoms with van der Waals surface area (Å²) in [6.07, 6.45) is 6.51. The first-order chi connectivity index (χ1) is 9.96. The third-order valence-electron chi connectivity index (χ3n) is 4.15. The Labute approximate surface area is 140 Å². The van der Waals surface area contributed by atoms with Crippen molar-refractivity contribution in [3.05, 3.63) is 28.2 Å². The molecule has 3 nitrogen and oxygen atoms in total. The van der Waals surface area contributed by atoms with Crippen LogP contribution in [0.1, 0.15) is 44.1 Å². The van der Waals surface area contributed by atoms with Crippen LogP contribution in [0.15, 0.2) is 27.6 Å². The second-order valence-corrected chi connectivity index (χ2v) is 8.65. The molecule has 0 aliphatic heterocycles. The molecule has 6 heteroatoms. The highest BCUT2D eigenvalue weighted by Crippen LogP contribution is 2.30. The first kappa shape index (κ1) is 17.3. The van der Waals surface area contributed by atoms with Gasteiger partial charge >= 0.3 is 0 Å². The van der Waals surface area contributed by atoms with Gasteiger partial charge in [-0.3, -0.25) is 0 Å². The van der Waals surface area contributed by atoms with Gasteiger partial charge in [0.15, 0.2) is 0 Å². The summed E-state index contributed by atoms with van der Waals surface area (Å²) in [7, 11) is -1.79. The molecule has 0 saturated heterocycles. The Balaban J connectivity index is 2.31. The Morgan fingerprint density at radius 1 is 1.24 bits per heavy atom. The quantitative estimate of drug-likeness (QED) is 0.555. The molecule has 0 radical (unpaired) electrons. The minimum atomic E-state index is -3.49. The first-order valence-corrected chi connectivity index (χ1v) is 10.1. The second kappa shape index (κ2) is 7.44. The molecule has 0 aromatic heterocycles. The summed E-state index contributed by atoms with van der Waals surface area (Å²) in [5.74, 6) is 0.308. The molecule has 1 aliphatic rings. The lowest BCUT2D eigenvalue weighted by atomic mass is 10.1. The smallest absolute Gasteiger partial charge is 0.207 e. The number of benzene rings is 1. The SMILES string of the molecule is CN(C1CCCCCC1)S(=O)(=O)c1cc(CCl)ccc1Br. The van der Waals surface area contributed by atoms with Crippen molar-refractivity contribution < 1.29 is 8.42 Å². The van der Waals surface area contributed by atoms with Crippen LogP contribution in [0.5, 0.6) is 0 Å². The summed E-state index contributed by atoms with van der Waals surface area (Å²) in [4.78, 5) is 0.312. The van der Waals surface area contributed by atoms with Crippen LogP contribution < -0.4 is 0 Å². The highest BCUT2D eigenvalue weighted by molar-refractivity contribution is 9.10. The monoisotopic (exact) mass is 393 g/mol. The number of hydrogen-bond acceptors (Lipinski definition) is 2. The van der Waals surface area contributed by atoms with Crippen LogP contribution in [0.4, 0.5) is 0 Å². The predicted octanol–water partition coefficient (Wildman–Crippen LogP) is 4.53. The van der Waals surface area contributed by atoms with E-state index in [1.54, 1.807) is 23.5 Å². The summed E-state index contributed by atoms with van der Waals surface area (Å²) >= 11 is 9.18. The maximum absolute atomic E-state index is 12.9. The van der Waals surface area contributed by atoms with Crippen LogP contribution >= 0.6 is 27.5 Å². The van der Waals surface area contributed by atoms with Crippen molar-refractivity contribution in [3.8, 4) is 0 Å². The zero-order valence-electron chi connectivity index (χ0n) is 12.2. The number of sulfonamides is 1. The zero-order valence-corrected chi connectivity index (χ0v) is 15.3. The summed E-state index contributed by atoms with van der Waals surface area (Å²) in [5, 5.41) is 0. The molecule has 1 saturated carbocycles. The summed E-state index contributed by atoms with van der Waals surface area (Å²) < 4.78 is 27.9. The largest absolute Gasteiger partial charge is 0.244 e. The van der Waals surface area contributed by atoms with Crippen molar-refractivity contribution in [1.82, 2.24) is 4.31 Å². The molecular weight excluding hydrogens is 374 g/mol. The van der Waals surface area contributed by atoms with E-state index in [4.69, 9.17) is 11.6 Å². The van der Waals surface area contributed by atoms with Crippen LogP contribution in [-0.2, 0) is 15.9 Å². The van der Waals surface area contributed by atoms with Crippen molar-refractivity contribution in [2.24, 2.45) is 0 Å². The fourth-order valence-corrected chi connectivity index (χ4v) is 5.36. The van der Waals surface area contributed by atoms with E-state index in [-0.39, 0.29) is 6.04 Å². The number of alkyl halides is 1. The van der Waals surface area contributed by atoms with Crippen molar-refractivity contribution in [2.75, 3.05) is 7.05 Å². The molecule has 21 heavy (non-hydrogen) atoms. The number of rotatable bonds is 4. The lowest BCUT2D eigenvalue weighted by molar-refractivity contribution is 0.335. The number of halogens is 2. The molecular formula is C15H21BrClNO2S. The maximum atomic E-state index is 12.9. The third-order valence-corrected chi connectivity index (χ3v) is 7.36. The van der Waals surface area contributed by atoms with Crippen LogP contribution in [0.3, 0.4) is 0 Å². The number of hydrogen-bond donors (Lipinski definition) is 0. The van der Waals surface area contributed by atoms with Gasteiger partial charge < -0.3 is 0 Å². The zero-order chi connectivity index (χ0) is 15.5. The Bertz CT molecular complexity index is 583. The van der Waals surface area contributed by atoms with Gasteiger partial charge in [0, 0.05) is 23.4 Å². The maximum Gasteiger partial charge on any atom is 0.244 e. The van der Waals surface area contributed by atoms with Crippen LogP contribution in [0.25, 0.3) is 0 Å². The van der Waals surface area contributed by atoms with Gasteiger partial charge in [0.1, 0.15) is 0 Å². The lowest BCUT2D eigenvalue weighted by Gasteiger charge is -2.27. The van der Waals surface area contributed by atoms with Gasteiger partial charge in [-0.25, -0.2) is 8.42 Å². The standard InChI is InChI=1S/C15H21BrClNO2S/c1-18(13-6-4-2-3-5-7-13)21(19,20)15-10-12(11-17)8-9-14(15)16/h8-10,13H,2-7,11H2,1H3. The molecule has 118 valence electrons. The average molecular weight is 395 g/mol. The Morgan fingerprint density at radius 2 is 1.86 bits per heavy atom. The molecule has 0 atom stereocenters. The summed E-state index contributed by atoms with van der Waals surface area (Å²) in [6.45, 7) is 0. The molecule has 1 aliphatic carbocycles. The van der Waals surface area contributed by atoms with Crippen molar-refractivity contribution in [1.29, 1.82) is 0 Å². The van der Waals surface area contributed by atoms with E-state index in [1.165, 1.54) is 12.8 Å². The van der Waals surface area contributed by atoms with Crippen molar-refractivity contribution in [2.45, 2.75) is 55.3 Å². The highest BCUT2D eigenvalue weighted by Gasteiger charge is 2.30. The van der Waals surface area contributed by atoms with E-state index in [1.807, 2.05) is 6.07 Å². The van der Waals surface area contributed by atoms with E-state index in [0.717, 1.165) is 31.2 Å². The molecule has 0 heterocycles. The topological polar surface area (TPSA) is 37.4 Å². The molecule has 2 rings (SSSR count). The van der Waals surface area contributed by atoms with Crippen LogP contribution in [0.2, 0.25) is 0 Å². The number of nitrogens with zero attached hydrogens (tertiary/aromatic N) is 1. The molecule has 1 aromatic carbocycles. The molecule has 1 aromatic rings. The Hall–Kier alpha value is -0.100. The normalized spacial score (nSPS) is 17.9. The van der Waals surface area contributed by atoms with E-state index in [9.17, 15) is 8.42 Å². The van der Waals surface area contributed by atoms with Gasteiger partial charge in [-0.1, -0.05) is 31.7 Å². The van der Waals surface area contributed by atoms with E-state index >= 15 is 0 Å². The average Bonchev–Trinajstić information content (AvgIpc) is 2.75. The van der Waals surface area contributed by atoms with Crippen molar-refractivity contribution >= 4 is 37.6 Å². The van der Waals surface area contributed by atoms with Crippen LogP contribution in [0, 0.1) is 0 Å². The second-order valence-electron chi connectivity index (χ2n) is 5.57. The van der Waals surface area contributed by atoms with E-state index < -0.39 is 10.0 Å². The summed E-state index contributed by atoms with van der Waals surface area (Å²) in [6, 6.07) is 5.36. The fraction of sp³-hybridized carbons (Fsp3) is 0.600. The molecule has 0 amide bonds. The van der Waals surface area contributed by atoms with Gasteiger partial charge in [-0.2, -0.15) is 4.31 Å². The third kappa shape index (κ3) is 4.01. The van der Waals surface area contributed by atoms with Crippen molar-refractivity contribution in [3.63, 3.8) is 0 Å². The van der Waals surface area contributed by atoms with Gasteiger partial charge in [-0.15, -0.1) is 11.6 Å². The van der Waals surface area contributed by atoms with Crippen LogP contribution in [-0.4, -0.2) is 25.8 Å². The Morgan fingerprint density at radius 3 is 2.43 bits per heavy atom. The van der Waals surface area contributed by atoms with Gasteiger partial charge in [0.2, 0.25) is 10.0 Å². The van der Waals surface area contributed by atoms with Gasteiger partial charge in [0.25, 0.3) is 0 Å². The molecule has 0 N–H and O–H groups in total. The van der Waals surface area contributed by atoms with Gasteiger partial charge in [-0.05, 0) is 46.5 Å². The molecule has 1 fully saturated rings. The molecule has 0 bridgehead atoms. The predicted molar refractivity (Wildman–Crippen MR) is 90.1 cm³/mol. The van der Waals surface area contributed by atoms with E-state index in [0.29, 0.717) is 15.2 Å². The minimum absolute atomic E-state index is 0.101. The highest BCUT2D eigenvalue weighted by atomic mass is 79.9. The lowest BCUT2D eigenvalue weighted by Crippen LogP contribution is -2.36. The Kier molecular flexibility index (Phi) is 6.12. The van der Waals surface area contributed by atoms with Gasteiger partial charge in [0.05, 0.1) is 4.90 Å².